The number of benzene rings is 2. The summed E-state index contributed by atoms with van der Waals surface area (Å²) < 4.78 is 34.3. The zero-order valence-corrected chi connectivity index (χ0v) is 19.1. The van der Waals surface area contributed by atoms with Gasteiger partial charge in [-0.25, -0.2) is 13.4 Å². The van der Waals surface area contributed by atoms with E-state index in [-0.39, 0.29) is 10.8 Å². The van der Waals surface area contributed by atoms with Gasteiger partial charge in [0.25, 0.3) is 0 Å². The molecule has 0 saturated carbocycles. The van der Waals surface area contributed by atoms with Crippen molar-refractivity contribution in [3.63, 3.8) is 0 Å². The molecule has 0 aliphatic rings. The average Bonchev–Trinajstić information content (AvgIpc) is 3.08. The van der Waals surface area contributed by atoms with Gasteiger partial charge in [0, 0.05) is 9.92 Å². The van der Waals surface area contributed by atoms with Crippen LogP contribution in [0.5, 0.6) is 0 Å². The van der Waals surface area contributed by atoms with Crippen molar-refractivity contribution in [1.29, 1.82) is 0 Å². The van der Waals surface area contributed by atoms with Crippen LogP contribution in [0.1, 0.15) is 13.8 Å². The van der Waals surface area contributed by atoms with Crippen molar-refractivity contribution < 1.29 is 17.9 Å². The van der Waals surface area contributed by atoms with E-state index in [9.17, 15) is 13.2 Å². The van der Waals surface area contributed by atoms with Gasteiger partial charge in [0.2, 0.25) is 10.0 Å². The molecule has 0 fully saturated rings. The maximum absolute atomic E-state index is 12.8. The monoisotopic (exact) mass is 470 g/mol. The second-order valence-corrected chi connectivity index (χ2v) is 11.0. The second-order valence-electron chi connectivity index (χ2n) is 6.53. The summed E-state index contributed by atoms with van der Waals surface area (Å²) in [5, 5.41) is 0.660. The quantitative estimate of drug-likeness (QED) is 0.509. The number of ether oxygens (including phenoxy) is 1. The van der Waals surface area contributed by atoms with E-state index in [4.69, 9.17) is 16.3 Å². The highest BCUT2D eigenvalue weighted by atomic mass is 35.5. The lowest BCUT2D eigenvalue weighted by molar-refractivity contribution is -0.143. The van der Waals surface area contributed by atoms with E-state index >= 15 is 0 Å². The van der Waals surface area contributed by atoms with Crippen molar-refractivity contribution in [2.75, 3.05) is 7.11 Å². The highest BCUT2D eigenvalue weighted by Gasteiger charge is 2.29. The molecule has 0 radical (unpaired) electrons. The van der Waals surface area contributed by atoms with Gasteiger partial charge in [-0.2, -0.15) is 4.72 Å². The normalized spacial score (nSPS) is 13.0. The molecule has 6 nitrogen and oxygen atoms in total. The molecule has 3 aromatic rings. The fraction of sp³-hybridized carbons (Fsp3) is 0.263. The van der Waals surface area contributed by atoms with Gasteiger partial charge in [-0.1, -0.05) is 37.2 Å². The molecule has 0 amide bonds. The first-order valence-corrected chi connectivity index (χ1v) is 12.1. The number of nitrogens with zero attached hydrogens (tertiary/aromatic N) is 1. The van der Waals surface area contributed by atoms with Crippen LogP contribution < -0.4 is 4.72 Å². The summed E-state index contributed by atoms with van der Waals surface area (Å²) >= 11 is 8.79. The van der Waals surface area contributed by atoms with E-state index in [0.717, 1.165) is 13.9 Å². The number of aromatic nitrogens is 1. The van der Waals surface area contributed by atoms with Crippen molar-refractivity contribution in [1.82, 2.24) is 9.71 Å². The summed E-state index contributed by atoms with van der Waals surface area (Å²) in [5.74, 6) is -0.879. The van der Waals surface area contributed by atoms with Crippen molar-refractivity contribution in [2.45, 2.75) is 34.0 Å². The number of rotatable bonds is 7. The molecular formula is C19H19ClN2O4S3. The smallest absolute Gasteiger partial charge is 0.324 e. The molecule has 1 atom stereocenters. The van der Waals surface area contributed by atoms with Crippen LogP contribution in [0.15, 0.2) is 56.6 Å². The maximum Gasteiger partial charge on any atom is 0.324 e. The Morgan fingerprint density at radius 2 is 1.90 bits per heavy atom. The zero-order valence-electron chi connectivity index (χ0n) is 15.9. The lowest BCUT2D eigenvalue weighted by Gasteiger charge is -2.19. The molecule has 0 unspecified atom stereocenters. The third kappa shape index (κ3) is 5.29. The minimum atomic E-state index is -3.90. The van der Waals surface area contributed by atoms with E-state index in [2.05, 4.69) is 9.71 Å². The van der Waals surface area contributed by atoms with Crippen LogP contribution >= 0.6 is 34.7 Å². The summed E-state index contributed by atoms with van der Waals surface area (Å²) in [6.45, 7) is 3.49. The van der Waals surface area contributed by atoms with E-state index in [1.807, 2.05) is 12.1 Å². The van der Waals surface area contributed by atoms with Crippen molar-refractivity contribution in [3.05, 3.63) is 47.5 Å². The van der Waals surface area contributed by atoms with Crippen LogP contribution in [0.3, 0.4) is 0 Å². The summed E-state index contributed by atoms with van der Waals surface area (Å²) in [7, 11) is -2.67. The molecule has 29 heavy (non-hydrogen) atoms. The average molecular weight is 471 g/mol. The van der Waals surface area contributed by atoms with Gasteiger partial charge >= 0.3 is 5.97 Å². The maximum atomic E-state index is 12.8. The molecule has 10 heteroatoms. The first kappa shape index (κ1) is 22.0. The van der Waals surface area contributed by atoms with Gasteiger partial charge in [0.1, 0.15) is 6.04 Å². The number of sulfonamides is 1. The van der Waals surface area contributed by atoms with Crippen LogP contribution in [0.25, 0.3) is 10.2 Å². The first-order valence-electron chi connectivity index (χ1n) is 8.64. The third-order valence-corrected chi connectivity index (χ3v) is 7.85. The number of hydrogen-bond acceptors (Lipinski definition) is 7. The topological polar surface area (TPSA) is 85.4 Å². The SMILES string of the molecule is COC(=O)[C@H](NS(=O)(=O)c1ccc2nc(Sc3ccc(Cl)cc3)sc2c1)C(C)C. The van der Waals surface area contributed by atoms with E-state index in [0.29, 0.717) is 10.5 Å². The van der Waals surface area contributed by atoms with Gasteiger partial charge in [-0.05, 0) is 48.4 Å². The third-order valence-electron chi connectivity index (χ3n) is 4.07. The van der Waals surface area contributed by atoms with Gasteiger partial charge in [0.05, 0.1) is 22.2 Å². The van der Waals surface area contributed by atoms with Crippen LogP contribution in [0, 0.1) is 5.92 Å². The molecule has 0 aliphatic heterocycles. The molecule has 1 N–H and O–H groups in total. The molecule has 0 saturated heterocycles. The van der Waals surface area contributed by atoms with Crippen LogP contribution in [0.4, 0.5) is 0 Å². The first-order chi connectivity index (χ1) is 13.7. The summed E-state index contributed by atoms with van der Waals surface area (Å²) in [5.41, 5.74) is 0.707. The highest BCUT2D eigenvalue weighted by molar-refractivity contribution is 8.01. The number of methoxy groups -OCH3 is 1. The lowest BCUT2D eigenvalue weighted by atomic mass is 10.1. The lowest BCUT2D eigenvalue weighted by Crippen LogP contribution is -2.44. The molecule has 0 aliphatic carbocycles. The Hall–Kier alpha value is -1.65. The Morgan fingerprint density at radius 1 is 1.21 bits per heavy atom. The number of nitrogens with one attached hydrogen (secondary N) is 1. The Kier molecular flexibility index (Phi) is 6.85. The molecule has 1 heterocycles. The van der Waals surface area contributed by atoms with Crippen LogP contribution in [-0.2, 0) is 19.6 Å². The van der Waals surface area contributed by atoms with Gasteiger partial charge in [-0.15, -0.1) is 11.3 Å². The van der Waals surface area contributed by atoms with Gasteiger partial charge in [0.15, 0.2) is 4.34 Å². The van der Waals surface area contributed by atoms with Crippen molar-refractivity contribution in [3.8, 4) is 0 Å². The molecular weight excluding hydrogens is 452 g/mol. The van der Waals surface area contributed by atoms with Crippen LogP contribution in [0.2, 0.25) is 5.02 Å². The number of thiazole rings is 1. The van der Waals surface area contributed by atoms with E-state index < -0.39 is 22.0 Å². The Bertz CT molecular complexity index is 1130. The Labute approximate surface area is 182 Å². The number of halogens is 1. The predicted molar refractivity (Wildman–Crippen MR) is 116 cm³/mol. The standard InChI is InChI=1S/C19H19ClN2O4S3/c1-11(2)17(18(23)26-3)22-29(24,25)14-8-9-15-16(10-14)28-19(21-15)27-13-6-4-12(20)5-7-13/h4-11,17,22H,1-3H3/t17-/m1/s1. The minimum absolute atomic E-state index is 0.0752. The number of hydrogen-bond donors (Lipinski definition) is 1. The van der Waals surface area contributed by atoms with Gasteiger partial charge in [-0.3, -0.25) is 4.79 Å². The van der Waals surface area contributed by atoms with Crippen molar-refractivity contribution in [2.24, 2.45) is 5.92 Å². The summed E-state index contributed by atoms with van der Waals surface area (Å²) in [6.07, 6.45) is 0. The largest absolute Gasteiger partial charge is 0.468 e. The molecule has 154 valence electrons. The number of carbonyl (C=O) groups excluding carboxylic acids is 1. The Morgan fingerprint density at radius 3 is 2.52 bits per heavy atom. The highest BCUT2D eigenvalue weighted by Crippen LogP contribution is 2.35. The van der Waals surface area contributed by atoms with Crippen molar-refractivity contribution >= 4 is 60.9 Å². The Balaban J connectivity index is 1.86. The fourth-order valence-corrected chi connectivity index (χ4v) is 6.15. The minimum Gasteiger partial charge on any atom is -0.468 e. The summed E-state index contributed by atoms with van der Waals surface area (Å²) in [6, 6.07) is 11.2. The predicted octanol–water partition coefficient (Wildman–Crippen LogP) is 4.58. The fourth-order valence-electron chi connectivity index (χ4n) is 2.52. The molecule has 2 aromatic carbocycles. The van der Waals surface area contributed by atoms with Crippen LogP contribution in [-0.4, -0.2) is 32.5 Å². The second kappa shape index (κ2) is 9.01. The number of carbonyl (C=O) groups is 1. The molecule has 0 spiro atoms. The molecule has 1 aromatic heterocycles. The van der Waals surface area contributed by atoms with Gasteiger partial charge < -0.3 is 4.74 Å². The molecule has 0 bridgehead atoms. The zero-order chi connectivity index (χ0) is 21.2. The van der Waals surface area contributed by atoms with E-state index in [1.165, 1.54) is 36.3 Å². The number of fused-ring (bicyclic) bond motifs is 1. The summed E-state index contributed by atoms with van der Waals surface area (Å²) in [4.78, 5) is 17.5. The molecule has 3 rings (SSSR count). The van der Waals surface area contributed by atoms with E-state index in [1.54, 1.807) is 38.1 Å². The number of esters is 1.